The summed E-state index contributed by atoms with van der Waals surface area (Å²) in [5.41, 5.74) is 8.76. The first-order valence-electron chi connectivity index (χ1n) is 9.30. The van der Waals surface area contributed by atoms with Crippen LogP contribution in [0.5, 0.6) is 0 Å². The average molecular weight is 325 g/mol. The minimum atomic E-state index is 0.170. The van der Waals surface area contributed by atoms with Crippen molar-refractivity contribution in [3.05, 3.63) is 36.0 Å². The van der Waals surface area contributed by atoms with Gasteiger partial charge in [0.05, 0.1) is 0 Å². The summed E-state index contributed by atoms with van der Waals surface area (Å²) >= 11 is 0. The van der Waals surface area contributed by atoms with Crippen LogP contribution in [0.1, 0.15) is 37.7 Å². The first-order chi connectivity index (χ1) is 11.7. The number of aromatic nitrogens is 1. The molecule has 0 spiro atoms. The van der Waals surface area contributed by atoms with Crippen molar-refractivity contribution < 1.29 is 4.79 Å². The van der Waals surface area contributed by atoms with Crippen LogP contribution in [0.15, 0.2) is 30.5 Å². The van der Waals surface area contributed by atoms with Crippen LogP contribution in [0.4, 0.5) is 0 Å². The zero-order chi connectivity index (χ0) is 16.5. The highest BCUT2D eigenvalue weighted by Crippen LogP contribution is 2.41. The van der Waals surface area contributed by atoms with Gasteiger partial charge in [-0.05, 0) is 55.6 Å². The molecule has 1 amide bonds. The molecule has 128 valence electrons. The van der Waals surface area contributed by atoms with Gasteiger partial charge in [-0.15, -0.1) is 0 Å². The monoisotopic (exact) mass is 325 g/mol. The van der Waals surface area contributed by atoms with Crippen LogP contribution in [0.3, 0.4) is 0 Å². The van der Waals surface area contributed by atoms with Crippen LogP contribution in [0, 0.1) is 17.8 Å². The van der Waals surface area contributed by atoms with Gasteiger partial charge in [-0.2, -0.15) is 0 Å². The highest BCUT2D eigenvalue weighted by molar-refractivity contribution is 5.83. The van der Waals surface area contributed by atoms with E-state index in [1.165, 1.54) is 30.2 Å². The van der Waals surface area contributed by atoms with E-state index in [-0.39, 0.29) is 11.8 Å². The summed E-state index contributed by atoms with van der Waals surface area (Å²) < 4.78 is 0. The first-order valence-corrected chi connectivity index (χ1v) is 9.30. The fourth-order valence-electron chi connectivity index (χ4n) is 4.81. The number of rotatable bonds is 4. The number of carbonyl (C=O) groups is 1. The number of amides is 1. The van der Waals surface area contributed by atoms with Crippen LogP contribution < -0.4 is 11.1 Å². The van der Waals surface area contributed by atoms with Crippen LogP contribution in [0.2, 0.25) is 0 Å². The quantitative estimate of drug-likeness (QED) is 0.809. The molecule has 4 rings (SSSR count). The number of aromatic amines is 1. The van der Waals surface area contributed by atoms with Crippen LogP contribution >= 0.6 is 0 Å². The van der Waals surface area contributed by atoms with Gasteiger partial charge < -0.3 is 16.0 Å². The number of carbonyl (C=O) groups excluding carboxylic acids is 1. The molecule has 0 saturated heterocycles. The Bertz CT molecular complexity index is 708. The Labute approximate surface area is 143 Å². The Morgan fingerprint density at radius 3 is 2.75 bits per heavy atom. The number of nitrogens with one attached hydrogen (secondary N) is 2. The summed E-state index contributed by atoms with van der Waals surface area (Å²) in [6, 6.07) is 8.64. The van der Waals surface area contributed by atoms with E-state index in [2.05, 4.69) is 34.7 Å². The van der Waals surface area contributed by atoms with Gasteiger partial charge in [0, 0.05) is 35.6 Å². The predicted molar refractivity (Wildman–Crippen MR) is 96.5 cm³/mol. The molecule has 1 aromatic carbocycles. The van der Waals surface area contributed by atoms with Gasteiger partial charge in [-0.1, -0.05) is 24.6 Å². The van der Waals surface area contributed by atoms with Crippen molar-refractivity contribution in [1.29, 1.82) is 0 Å². The van der Waals surface area contributed by atoms with Crippen LogP contribution in [-0.4, -0.2) is 23.5 Å². The lowest BCUT2D eigenvalue weighted by Gasteiger charge is -2.43. The third-order valence-corrected chi connectivity index (χ3v) is 6.15. The minimum Gasteiger partial charge on any atom is -0.361 e. The smallest absolute Gasteiger partial charge is 0.223 e. The second kappa shape index (κ2) is 6.60. The van der Waals surface area contributed by atoms with E-state index >= 15 is 0 Å². The fraction of sp³-hybridized carbons (Fsp3) is 0.550. The topological polar surface area (TPSA) is 70.9 Å². The zero-order valence-electron chi connectivity index (χ0n) is 14.1. The van der Waals surface area contributed by atoms with E-state index in [1.807, 2.05) is 6.07 Å². The molecule has 2 aliphatic rings. The second-order valence-corrected chi connectivity index (χ2v) is 7.60. The Kier molecular flexibility index (Phi) is 4.31. The number of fused-ring (bicyclic) bond motifs is 3. The molecule has 0 radical (unpaired) electrons. The molecule has 2 fully saturated rings. The summed E-state index contributed by atoms with van der Waals surface area (Å²) in [6.07, 6.45) is 8.59. The van der Waals surface area contributed by atoms with Crippen molar-refractivity contribution >= 4 is 16.8 Å². The Morgan fingerprint density at radius 1 is 1.21 bits per heavy atom. The number of nitrogens with two attached hydrogens (primary N) is 1. The maximum atomic E-state index is 12.6. The van der Waals surface area contributed by atoms with Crippen molar-refractivity contribution in [2.45, 2.75) is 44.6 Å². The molecule has 4 heteroatoms. The van der Waals surface area contributed by atoms with Crippen LogP contribution in [-0.2, 0) is 11.2 Å². The highest BCUT2D eigenvalue weighted by atomic mass is 16.1. The van der Waals surface area contributed by atoms with Gasteiger partial charge in [0.2, 0.25) is 5.91 Å². The SMILES string of the molecule is NC1C2CCCC1CC(C(=O)NCCc1c[nH]c3ccccc13)C2. The van der Waals surface area contributed by atoms with Crippen LogP contribution in [0.25, 0.3) is 10.9 Å². The first kappa shape index (κ1) is 15.7. The number of H-pyrrole nitrogens is 1. The molecule has 1 aromatic heterocycles. The van der Waals surface area contributed by atoms with Gasteiger partial charge in [-0.3, -0.25) is 4.79 Å². The Morgan fingerprint density at radius 2 is 1.96 bits per heavy atom. The molecule has 0 aliphatic heterocycles. The number of benzene rings is 1. The molecule has 24 heavy (non-hydrogen) atoms. The van der Waals surface area contributed by atoms with E-state index in [4.69, 9.17) is 5.73 Å². The summed E-state index contributed by atoms with van der Waals surface area (Å²) in [7, 11) is 0. The van der Waals surface area contributed by atoms with Gasteiger partial charge in [0.15, 0.2) is 0 Å². The van der Waals surface area contributed by atoms with Crippen molar-refractivity contribution in [2.75, 3.05) is 6.54 Å². The summed E-state index contributed by atoms with van der Waals surface area (Å²) in [6.45, 7) is 0.707. The lowest BCUT2D eigenvalue weighted by atomic mass is 9.65. The predicted octanol–water partition coefficient (Wildman–Crippen LogP) is 2.98. The molecular weight excluding hydrogens is 298 g/mol. The molecule has 2 bridgehead atoms. The Hall–Kier alpha value is -1.81. The maximum absolute atomic E-state index is 12.6. The van der Waals surface area contributed by atoms with Crippen molar-refractivity contribution in [3.63, 3.8) is 0 Å². The van der Waals surface area contributed by atoms with Gasteiger partial charge >= 0.3 is 0 Å². The summed E-state index contributed by atoms with van der Waals surface area (Å²) in [4.78, 5) is 15.9. The fourth-order valence-corrected chi connectivity index (χ4v) is 4.81. The molecular formula is C20H27N3O. The van der Waals surface area contributed by atoms with Crippen molar-refractivity contribution in [2.24, 2.45) is 23.5 Å². The summed E-state index contributed by atoms with van der Waals surface area (Å²) in [5, 5.41) is 4.42. The molecule has 2 aliphatic carbocycles. The van der Waals surface area contributed by atoms with Crippen molar-refractivity contribution in [3.8, 4) is 0 Å². The van der Waals surface area contributed by atoms with Gasteiger partial charge in [0.1, 0.15) is 0 Å². The molecule has 4 nitrogen and oxygen atoms in total. The zero-order valence-corrected chi connectivity index (χ0v) is 14.1. The molecule has 2 unspecified atom stereocenters. The lowest BCUT2D eigenvalue weighted by Crippen LogP contribution is -2.49. The second-order valence-electron chi connectivity index (χ2n) is 7.60. The molecule has 2 atom stereocenters. The molecule has 1 heterocycles. The number of hydrogen-bond acceptors (Lipinski definition) is 2. The largest absolute Gasteiger partial charge is 0.361 e. The number of para-hydroxylation sites is 1. The van der Waals surface area contributed by atoms with E-state index < -0.39 is 0 Å². The lowest BCUT2D eigenvalue weighted by molar-refractivity contribution is -0.127. The molecule has 2 saturated carbocycles. The molecule has 4 N–H and O–H groups in total. The maximum Gasteiger partial charge on any atom is 0.223 e. The van der Waals surface area contributed by atoms with Gasteiger partial charge in [0.25, 0.3) is 0 Å². The van der Waals surface area contributed by atoms with Crippen molar-refractivity contribution in [1.82, 2.24) is 10.3 Å². The number of hydrogen-bond donors (Lipinski definition) is 3. The summed E-state index contributed by atoms with van der Waals surface area (Å²) in [5.74, 6) is 1.52. The minimum absolute atomic E-state index is 0.170. The third-order valence-electron chi connectivity index (χ3n) is 6.15. The van der Waals surface area contributed by atoms with E-state index in [0.29, 0.717) is 24.4 Å². The Balaban J connectivity index is 1.32. The highest BCUT2D eigenvalue weighted by Gasteiger charge is 2.40. The van der Waals surface area contributed by atoms with E-state index in [0.717, 1.165) is 24.8 Å². The molecule has 2 aromatic rings. The third kappa shape index (κ3) is 2.95. The standard InChI is InChI=1S/C20H27N3O/c21-19-13-4-3-5-14(19)11-16(10-13)20(24)22-9-8-15-12-23-18-7-2-1-6-17(15)18/h1-2,6-7,12-14,16,19,23H,3-5,8-11,21H2,(H,22,24). The average Bonchev–Trinajstić information content (AvgIpc) is 2.98. The normalized spacial score (nSPS) is 29.5. The van der Waals surface area contributed by atoms with Gasteiger partial charge in [-0.25, -0.2) is 0 Å². The van der Waals surface area contributed by atoms with E-state index in [1.54, 1.807) is 0 Å². The van der Waals surface area contributed by atoms with E-state index in [9.17, 15) is 4.79 Å².